The van der Waals surface area contributed by atoms with Crippen LogP contribution >= 0.6 is 22.9 Å². The van der Waals surface area contributed by atoms with E-state index in [1.54, 1.807) is 6.92 Å². The van der Waals surface area contributed by atoms with Crippen LogP contribution in [0.15, 0.2) is 82.3 Å². The second-order valence-electron chi connectivity index (χ2n) is 8.15. The minimum atomic E-state index is -0.891. The van der Waals surface area contributed by atoms with Crippen LogP contribution in [0.5, 0.6) is 0 Å². The predicted molar refractivity (Wildman–Crippen MR) is 136 cm³/mol. The molecule has 0 saturated carbocycles. The van der Waals surface area contributed by atoms with Crippen molar-refractivity contribution in [2.24, 2.45) is 10.8 Å². The lowest BCUT2D eigenvalue weighted by molar-refractivity contribution is -0.130. The van der Waals surface area contributed by atoms with Crippen molar-refractivity contribution >= 4 is 40.6 Å². The molecule has 1 aliphatic heterocycles. The van der Waals surface area contributed by atoms with E-state index in [-0.39, 0.29) is 16.5 Å². The van der Waals surface area contributed by atoms with E-state index in [1.807, 2.05) is 54.8 Å². The van der Waals surface area contributed by atoms with Crippen LogP contribution in [0.25, 0.3) is 0 Å². The van der Waals surface area contributed by atoms with Gasteiger partial charge in [0.05, 0.1) is 16.5 Å². The Morgan fingerprint density at radius 3 is 2.49 bits per heavy atom. The van der Waals surface area contributed by atoms with Crippen molar-refractivity contribution in [1.82, 2.24) is 9.91 Å². The van der Waals surface area contributed by atoms with Gasteiger partial charge in [0.25, 0.3) is 5.91 Å². The number of nitrogens with two attached hydrogens (primary N) is 1. The van der Waals surface area contributed by atoms with Crippen LogP contribution < -0.4 is 5.84 Å². The Bertz CT molecular complexity index is 1320. The maximum Gasteiger partial charge on any atom is 0.268 e. The molecular weight excluding hydrogens is 487 g/mol. The minimum Gasteiger partial charge on any atom is -0.274 e. The molecular formula is C26H24ClFN4O2S. The first kappa shape index (κ1) is 24.8. The lowest BCUT2D eigenvalue weighted by atomic mass is 9.93. The summed E-state index contributed by atoms with van der Waals surface area (Å²) in [4.78, 5) is 33.6. The predicted octanol–water partition coefficient (Wildman–Crippen LogP) is 5.63. The fourth-order valence-electron chi connectivity index (χ4n) is 4.11. The van der Waals surface area contributed by atoms with Gasteiger partial charge in [-0.25, -0.2) is 10.2 Å². The summed E-state index contributed by atoms with van der Waals surface area (Å²) >= 11 is 7.84. The molecule has 9 heteroatoms. The highest BCUT2D eigenvalue weighted by Crippen LogP contribution is 2.40. The van der Waals surface area contributed by atoms with Crippen molar-refractivity contribution in [1.29, 1.82) is 0 Å². The van der Waals surface area contributed by atoms with Crippen molar-refractivity contribution in [3.05, 3.63) is 104 Å². The molecule has 0 bridgehead atoms. The number of hydrogen-bond donors (Lipinski definition) is 1. The molecule has 2 amide bonds. The highest BCUT2D eigenvalue weighted by molar-refractivity contribution is 7.12. The van der Waals surface area contributed by atoms with Gasteiger partial charge in [-0.05, 0) is 43.0 Å². The third-order valence-electron chi connectivity index (χ3n) is 5.94. The summed E-state index contributed by atoms with van der Waals surface area (Å²) < 4.78 is 13.9. The maximum absolute atomic E-state index is 13.9. The zero-order valence-corrected chi connectivity index (χ0v) is 21.0. The number of carbonyl (C=O) groups is 2. The van der Waals surface area contributed by atoms with Gasteiger partial charge in [-0.3, -0.25) is 24.5 Å². The third kappa shape index (κ3) is 4.77. The molecule has 2 N–H and O–H groups in total. The van der Waals surface area contributed by atoms with E-state index in [2.05, 4.69) is 0 Å². The van der Waals surface area contributed by atoms with E-state index >= 15 is 0 Å². The van der Waals surface area contributed by atoms with E-state index in [1.165, 1.54) is 41.4 Å². The largest absolute Gasteiger partial charge is 0.274 e. The van der Waals surface area contributed by atoms with Crippen LogP contribution in [-0.2, 0) is 9.59 Å². The molecule has 0 unspecified atom stereocenters. The molecule has 0 spiro atoms. The average Bonchev–Trinajstić information content (AvgIpc) is 3.37. The van der Waals surface area contributed by atoms with Gasteiger partial charge >= 0.3 is 0 Å². The number of thiophene rings is 1. The van der Waals surface area contributed by atoms with Crippen molar-refractivity contribution in [3.8, 4) is 0 Å². The number of carbonyl (C=O) groups excluding carboxylic acids is 2. The summed E-state index contributed by atoms with van der Waals surface area (Å²) in [5.41, 5.74) is 1.87. The van der Waals surface area contributed by atoms with Crippen molar-refractivity contribution in [2.45, 2.75) is 32.9 Å². The molecule has 2 aromatic carbocycles. The molecule has 6 nitrogen and oxygen atoms in total. The molecule has 4 rings (SSSR count). The number of hydrazine groups is 1. The Balaban J connectivity index is 1.87. The number of hydrogen-bond acceptors (Lipinski definition) is 5. The fraction of sp³-hybridized carbons (Fsp3) is 0.192. The van der Waals surface area contributed by atoms with Gasteiger partial charge in [0, 0.05) is 23.2 Å². The first-order valence-corrected chi connectivity index (χ1v) is 12.2. The van der Waals surface area contributed by atoms with Gasteiger partial charge in [-0.2, -0.15) is 0 Å². The SMILES string of the molecule is CC(=O)N1C(c2cccs2)=N[C@@H](c2ccc(F)cc2Cl)C(C(=O)N(N)[C@@H](C)c2ccccc2)=C1C. The number of allylic oxidation sites excluding steroid dienone is 1. The molecule has 1 aliphatic rings. The monoisotopic (exact) mass is 510 g/mol. The summed E-state index contributed by atoms with van der Waals surface area (Å²) in [5.74, 6) is 5.42. The second kappa shape index (κ2) is 10.1. The van der Waals surface area contributed by atoms with Crippen LogP contribution in [-0.4, -0.2) is 27.6 Å². The summed E-state index contributed by atoms with van der Waals surface area (Å²) in [5, 5.41) is 3.12. The van der Waals surface area contributed by atoms with Crippen molar-refractivity contribution in [2.75, 3.05) is 0 Å². The molecule has 0 fully saturated rings. The zero-order chi connectivity index (χ0) is 25.3. The number of rotatable bonds is 5. The Kier molecular flexibility index (Phi) is 7.16. The molecule has 2 heterocycles. The van der Waals surface area contributed by atoms with Crippen LogP contribution in [0.4, 0.5) is 4.39 Å². The first-order chi connectivity index (χ1) is 16.7. The molecule has 0 aliphatic carbocycles. The van der Waals surface area contributed by atoms with Gasteiger partial charge in [0.15, 0.2) is 5.84 Å². The Labute approximate surface area is 212 Å². The van der Waals surface area contributed by atoms with Crippen molar-refractivity contribution < 1.29 is 14.0 Å². The topological polar surface area (TPSA) is 79.0 Å². The van der Waals surface area contributed by atoms with Crippen LogP contribution in [0.2, 0.25) is 5.02 Å². The lowest BCUT2D eigenvalue weighted by Gasteiger charge is -2.35. The number of amides is 2. The van der Waals surface area contributed by atoms with Gasteiger partial charge < -0.3 is 0 Å². The lowest BCUT2D eigenvalue weighted by Crippen LogP contribution is -2.45. The minimum absolute atomic E-state index is 0.123. The van der Waals surface area contributed by atoms with Gasteiger partial charge in [0.1, 0.15) is 11.9 Å². The molecule has 180 valence electrons. The maximum atomic E-state index is 13.9. The van der Waals surface area contributed by atoms with Crippen LogP contribution in [0.1, 0.15) is 48.9 Å². The quantitative estimate of drug-likeness (QED) is 0.274. The fourth-order valence-corrected chi connectivity index (χ4v) is 5.09. The Morgan fingerprint density at radius 1 is 1.17 bits per heavy atom. The van der Waals surface area contributed by atoms with E-state index < -0.39 is 23.8 Å². The summed E-state index contributed by atoms with van der Waals surface area (Å²) in [7, 11) is 0. The summed E-state index contributed by atoms with van der Waals surface area (Å²) in [6.45, 7) is 4.91. The third-order valence-corrected chi connectivity index (χ3v) is 7.13. The van der Waals surface area contributed by atoms with Gasteiger partial charge in [0.2, 0.25) is 5.91 Å². The van der Waals surface area contributed by atoms with Crippen molar-refractivity contribution in [3.63, 3.8) is 0 Å². The van der Waals surface area contributed by atoms with Gasteiger partial charge in [-0.15, -0.1) is 11.3 Å². The van der Waals surface area contributed by atoms with E-state index in [4.69, 9.17) is 22.4 Å². The smallest absolute Gasteiger partial charge is 0.268 e. The van der Waals surface area contributed by atoms with Crippen LogP contribution in [0, 0.1) is 5.82 Å². The summed E-state index contributed by atoms with van der Waals surface area (Å²) in [6, 6.07) is 15.7. The number of amidine groups is 1. The normalized spacial score (nSPS) is 16.7. The van der Waals surface area contributed by atoms with Crippen LogP contribution in [0.3, 0.4) is 0 Å². The number of aliphatic imine (C=N–C) groups is 1. The molecule has 35 heavy (non-hydrogen) atoms. The molecule has 2 atom stereocenters. The summed E-state index contributed by atoms with van der Waals surface area (Å²) in [6.07, 6.45) is 0. The average molecular weight is 511 g/mol. The number of benzene rings is 2. The van der Waals surface area contributed by atoms with Gasteiger partial charge in [-0.1, -0.05) is 54.1 Å². The number of nitrogens with zero attached hydrogens (tertiary/aromatic N) is 3. The van der Waals surface area contributed by atoms with E-state index in [0.717, 1.165) is 15.4 Å². The Morgan fingerprint density at radius 2 is 1.89 bits per heavy atom. The number of halogens is 2. The highest BCUT2D eigenvalue weighted by Gasteiger charge is 2.38. The molecule has 1 aromatic heterocycles. The van der Waals surface area contributed by atoms with E-state index in [9.17, 15) is 14.0 Å². The second-order valence-corrected chi connectivity index (χ2v) is 9.51. The molecule has 3 aromatic rings. The zero-order valence-electron chi connectivity index (χ0n) is 19.4. The molecule has 0 radical (unpaired) electrons. The Hall–Kier alpha value is -3.33. The van der Waals surface area contributed by atoms with E-state index in [0.29, 0.717) is 17.1 Å². The molecule has 0 saturated heterocycles. The first-order valence-electron chi connectivity index (χ1n) is 10.9. The highest BCUT2D eigenvalue weighted by atomic mass is 35.5. The standard InChI is InChI=1S/C26H24ClFN4O2S/c1-15(18-8-5-4-6-9-18)32(29)26(34)23-16(2)31(17(3)33)25(22-10-7-13-35-22)30-24(23)20-12-11-19(28)14-21(20)27/h4-15,24H,29H2,1-3H3/t15-,24-/m0/s1.